The van der Waals surface area contributed by atoms with E-state index < -0.39 is 18.1 Å². The van der Waals surface area contributed by atoms with E-state index in [4.69, 9.17) is 0 Å². The molecular weight excluding hydrogens is 393 g/mol. The van der Waals surface area contributed by atoms with Gasteiger partial charge in [0.25, 0.3) is 0 Å². The maximum Gasteiger partial charge on any atom is 0.471 e. The molecule has 1 amide bonds. The Morgan fingerprint density at radius 3 is 2.63 bits per heavy atom. The lowest BCUT2D eigenvalue weighted by atomic mass is 10.1. The number of alkyl halides is 3. The molecule has 1 aliphatic rings. The van der Waals surface area contributed by atoms with Crippen LogP contribution in [-0.2, 0) is 4.79 Å². The van der Waals surface area contributed by atoms with Gasteiger partial charge in [-0.05, 0) is 42.2 Å². The van der Waals surface area contributed by atoms with Crippen molar-refractivity contribution in [2.75, 3.05) is 18.0 Å². The number of benzene rings is 2. The summed E-state index contributed by atoms with van der Waals surface area (Å²) in [4.78, 5) is 22.2. The SMILES string of the molecule is O=C(NC1CCCN(c2nccc(-c3ccc4ccccc4c3)n2)CC1)C(F)(F)F. The maximum absolute atomic E-state index is 12.5. The van der Waals surface area contributed by atoms with Crippen molar-refractivity contribution in [1.82, 2.24) is 15.3 Å². The van der Waals surface area contributed by atoms with Crippen LogP contribution in [0.3, 0.4) is 0 Å². The third-order valence-electron chi connectivity index (χ3n) is 5.29. The highest BCUT2D eigenvalue weighted by atomic mass is 19.4. The summed E-state index contributed by atoms with van der Waals surface area (Å²) in [5, 5.41) is 4.36. The Kier molecular flexibility index (Phi) is 5.57. The molecule has 1 N–H and O–H groups in total. The first-order chi connectivity index (χ1) is 14.4. The molecule has 30 heavy (non-hydrogen) atoms. The largest absolute Gasteiger partial charge is 0.471 e. The lowest BCUT2D eigenvalue weighted by molar-refractivity contribution is -0.174. The van der Waals surface area contributed by atoms with Crippen LogP contribution in [0.2, 0.25) is 0 Å². The van der Waals surface area contributed by atoms with Crippen molar-refractivity contribution in [2.24, 2.45) is 0 Å². The van der Waals surface area contributed by atoms with Crippen molar-refractivity contribution in [3.8, 4) is 11.3 Å². The molecule has 0 saturated carbocycles. The van der Waals surface area contributed by atoms with E-state index in [1.165, 1.54) is 0 Å². The van der Waals surface area contributed by atoms with Gasteiger partial charge in [0, 0.05) is 30.9 Å². The fourth-order valence-corrected chi connectivity index (χ4v) is 3.72. The second kappa shape index (κ2) is 8.30. The van der Waals surface area contributed by atoms with E-state index >= 15 is 0 Å². The highest BCUT2D eigenvalue weighted by Gasteiger charge is 2.39. The zero-order valence-corrected chi connectivity index (χ0v) is 16.2. The van der Waals surface area contributed by atoms with E-state index in [-0.39, 0.29) is 0 Å². The van der Waals surface area contributed by atoms with E-state index in [2.05, 4.69) is 27.4 Å². The number of rotatable bonds is 3. The normalized spacial score (nSPS) is 17.6. The fourth-order valence-electron chi connectivity index (χ4n) is 3.72. The number of carbonyl (C=O) groups excluding carboxylic acids is 1. The van der Waals surface area contributed by atoms with Crippen molar-refractivity contribution in [3.05, 3.63) is 54.7 Å². The first kappa shape index (κ1) is 20.1. The monoisotopic (exact) mass is 414 g/mol. The minimum atomic E-state index is -4.86. The van der Waals surface area contributed by atoms with E-state index in [1.807, 2.05) is 41.3 Å². The minimum Gasteiger partial charge on any atom is -0.345 e. The molecule has 1 fully saturated rings. The van der Waals surface area contributed by atoms with Gasteiger partial charge < -0.3 is 10.2 Å². The lowest BCUT2D eigenvalue weighted by Gasteiger charge is -2.21. The second-order valence-electron chi connectivity index (χ2n) is 7.39. The van der Waals surface area contributed by atoms with Crippen LogP contribution in [0.4, 0.5) is 19.1 Å². The van der Waals surface area contributed by atoms with Crippen LogP contribution in [0.5, 0.6) is 0 Å². The van der Waals surface area contributed by atoms with Crippen molar-refractivity contribution < 1.29 is 18.0 Å². The van der Waals surface area contributed by atoms with Crippen molar-refractivity contribution in [2.45, 2.75) is 31.5 Å². The third-order valence-corrected chi connectivity index (χ3v) is 5.29. The number of aromatic nitrogens is 2. The summed E-state index contributed by atoms with van der Waals surface area (Å²) in [5.41, 5.74) is 1.76. The summed E-state index contributed by atoms with van der Waals surface area (Å²) in [6, 6.07) is 15.6. The summed E-state index contributed by atoms with van der Waals surface area (Å²) in [6.07, 6.45) is -1.62. The molecule has 1 saturated heterocycles. The molecule has 1 unspecified atom stereocenters. The second-order valence-corrected chi connectivity index (χ2v) is 7.39. The summed E-state index contributed by atoms with van der Waals surface area (Å²) in [6.45, 7) is 1.10. The number of fused-ring (bicyclic) bond motifs is 1. The first-order valence-corrected chi connectivity index (χ1v) is 9.85. The standard InChI is InChI=1S/C22H21F3N4O/c23-22(24,25)20(30)27-18-6-3-12-29(13-10-18)21-26-11-9-19(28-21)17-8-7-15-4-1-2-5-16(15)14-17/h1-2,4-5,7-9,11,14,18H,3,6,10,12-13H2,(H,27,30). The molecule has 1 aliphatic heterocycles. The Hall–Kier alpha value is -3.16. The number of nitrogens with one attached hydrogen (secondary N) is 1. The number of anilines is 1. The van der Waals surface area contributed by atoms with Crippen molar-refractivity contribution in [3.63, 3.8) is 0 Å². The average molecular weight is 414 g/mol. The Morgan fingerprint density at radius 1 is 1.03 bits per heavy atom. The number of nitrogens with zero attached hydrogens (tertiary/aromatic N) is 3. The molecule has 0 bridgehead atoms. The molecule has 1 aromatic heterocycles. The van der Waals surface area contributed by atoms with Gasteiger partial charge in [0.15, 0.2) is 0 Å². The summed E-state index contributed by atoms with van der Waals surface area (Å²) in [5.74, 6) is -1.33. The fraction of sp³-hybridized carbons (Fsp3) is 0.318. The van der Waals surface area contributed by atoms with Crippen molar-refractivity contribution >= 4 is 22.6 Å². The molecule has 0 aliphatic carbocycles. The van der Waals surface area contributed by atoms with Gasteiger partial charge >= 0.3 is 12.1 Å². The molecule has 0 spiro atoms. The Labute approximate surface area is 171 Å². The summed E-state index contributed by atoms with van der Waals surface area (Å²) in [7, 11) is 0. The topological polar surface area (TPSA) is 58.1 Å². The van der Waals surface area contributed by atoms with Crippen LogP contribution >= 0.6 is 0 Å². The quantitative estimate of drug-likeness (QED) is 0.693. The van der Waals surface area contributed by atoms with Crippen LogP contribution in [0.25, 0.3) is 22.0 Å². The number of halogens is 3. The smallest absolute Gasteiger partial charge is 0.345 e. The van der Waals surface area contributed by atoms with Gasteiger partial charge in [-0.3, -0.25) is 4.79 Å². The number of hydrogen-bond acceptors (Lipinski definition) is 4. The zero-order valence-electron chi connectivity index (χ0n) is 16.2. The van der Waals surface area contributed by atoms with E-state index in [1.54, 1.807) is 6.20 Å². The predicted molar refractivity (Wildman–Crippen MR) is 109 cm³/mol. The number of hydrogen-bond donors (Lipinski definition) is 1. The van der Waals surface area contributed by atoms with E-state index in [0.717, 1.165) is 22.0 Å². The molecule has 4 rings (SSSR count). The molecule has 2 aromatic carbocycles. The average Bonchev–Trinajstić information content (AvgIpc) is 2.98. The number of carbonyl (C=O) groups is 1. The van der Waals surface area contributed by atoms with Gasteiger partial charge in [-0.25, -0.2) is 9.97 Å². The maximum atomic E-state index is 12.5. The van der Waals surface area contributed by atoms with Gasteiger partial charge in [0.05, 0.1) is 5.69 Å². The van der Waals surface area contributed by atoms with E-state index in [0.29, 0.717) is 38.3 Å². The number of amides is 1. The Morgan fingerprint density at radius 2 is 1.83 bits per heavy atom. The van der Waals surface area contributed by atoms with Crippen LogP contribution in [0, 0.1) is 0 Å². The highest BCUT2D eigenvalue weighted by molar-refractivity contribution is 5.86. The van der Waals surface area contributed by atoms with Crippen LogP contribution in [0.15, 0.2) is 54.7 Å². The summed E-state index contributed by atoms with van der Waals surface area (Å²) < 4.78 is 37.5. The molecule has 5 nitrogen and oxygen atoms in total. The van der Waals surface area contributed by atoms with Gasteiger partial charge in [-0.15, -0.1) is 0 Å². The Balaban J connectivity index is 1.49. The van der Waals surface area contributed by atoms with Crippen LogP contribution < -0.4 is 10.2 Å². The molecule has 0 radical (unpaired) electrons. The molecule has 2 heterocycles. The summed E-state index contributed by atoms with van der Waals surface area (Å²) >= 11 is 0. The highest BCUT2D eigenvalue weighted by Crippen LogP contribution is 2.25. The Bertz CT molecular complexity index is 1050. The molecule has 3 aromatic rings. The zero-order chi connectivity index (χ0) is 21.1. The van der Waals surface area contributed by atoms with Gasteiger partial charge in [-0.2, -0.15) is 13.2 Å². The predicted octanol–water partition coefficient (Wildman–Crippen LogP) is 4.33. The van der Waals surface area contributed by atoms with E-state index in [9.17, 15) is 18.0 Å². The third kappa shape index (κ3) is 4.53. The van der Waals surface area contributed by atoms with Gasteiger partial charge in [0.2, 0.25) is 5.95 Å². The molecule has 1 atom stereocenters. The van der Waals surface area contributed by atoms with Gasteiger partial charge in [-0.1, -0.05) is 36.4 Å². The van der Waals surface area contributed by atoms with Crippen LogP contribution in [-0.4, -0.2) is 41.2 Å². The molecule has 8 heteroatoms. The van der Waals surface area contributed by atoms with Gasteiger partial charge in [0.1, 0.15) is 0 Å². The minimum absolute atomic E-state index is 0.408. The molecular formula is C22H21F3N4O. The lowest BCUT2D eigenvalue weighted by Crippen LogP contribution is -2.43. The van der Waals surface area contributed by atoms with Crippen LogP contribution in [0.1, 0.15) is 19.3 Å². The molecule has 156 valence electrons. The first-order valence-electron chi connectivity index (χ1n) is 9.85. The van der Waals surface area contributed by atoms with Crippen molar-refractivity contribution in [1.29, 1.82) is 0 Å².